The standard InChI is InChI=1S/C46H31NS/c1-3-9-32(10-4-1)33-15-17-34(18-16-33)35-19-24-41(25-20-35)47(40-13-5-2-6-14-40)42-26-21-36(22-27-42)39-23-28-43-44-29-37-11-7-8-12-38(37)30-46(44)48-45(43)31-39/h1-31H. The lowest BCUT2D eigenvalue weighted by Crippen LogP contribution is -2.09. The molecule has 0 aliphatic rings. The van der Waals surface area contributed by atoms with E-state index < -0.39 is 0 Å². The molecule has 48 heavy (non-hydrogen) atoms. The Balaban J connectivity index is 1.02. The van der Waals surface area contributed by atoms with Gasteiger partial charge in [-0.15, -0.1) is 11.3 Å². The molecule has 0 saturated heterocycles. The van der Waals surface area contributed by atoms with Gasteiger partial charge in [0.1, 0.15) is 0 Å². The van der Waals surface area contributed by atoms with E-state index in [0.717, 1.165) is 17.1 Å². The van der Waals surface area contributed by atoms with E-state index in [2.05, 4.69) is 193 Å². The molecule has 1 aromatic heterocycles. The Morgan fingerprint density at radius 3 is 1.31 bits per heavy atom. The number of para-hydroxylation sites is 1. The first kappa shape index (κ1) is 28.3. The summed E-state index contributed by atoms with van der Waals surface area (Å²) >= 11 is 1.88. The summed E-state index contributed by atoms with van der Waals surface area (Å²) in [5.41, 5.74) is 10.7. The van der Waals surface area contributed by atoms with Gasteiger partial charge in [0.15, 0.2) is 0 Å². The molecule has 226 valence electrons. The Morgan fingerprint density at radius 1 is 0.292 bits per heavy atom. The Bertz CT molecular complexity index is 2510. The zero-order chi connectivity index (χ0) is 31.9. The van der Waals surface area contributed by atoms with Gasteiger partial charge >= 0.3 is 0 Å². The van der Waals surface area contributed by atoms with E-state index in [1.54, 1.807) is 0 Å². The molecule has 1 nitrogen and oxygen atoms in total. The number of fused-ring (bicyclic) bond motifs is 4. The highest BCUT2D eigenvalue weighted by Crippen LogP contribution is 2.40. The van der Waals surface area contributed by atoms with Gasteiger partial charge in [-0.05, 0) is 98.8 Å². The van der Waals surface area contributed by atoms with Crippen molar-refractivity contribution >= 4 is 59.3 Å². The molecule has 9 aromatic rings. The number of anilines is 3. The van der Waals surface area contributed by atoms with Gasteiger partial charge < -0.3 is 4.90 Å². The second-order valence-corrected chi connectivity index (χ2v) is 13.3. The molecule has 0 bridgehead atoms. The van der Waals surface area contributed by atoms with E-state index in [9.17, 15) is 0 Å². The molecule has 0 aliphatic carbocycles. The summed E-state index contributed by atoms with van der Waals surface area (Å²) in [4.78, 5) is 2.33. The number of benzene rings is 8. The molecule has 0 aliphatic heterocycles. The average molecular weight is 630 g/mol. The number of thiophene rings is 1. The Kier molecular flexibility index (Phi) is 7.07. The lowest BCUT2D eigenvalue weighted by molar-refractivity contribution is 1.28. The largest absolute Gasteiger partial charge is 0.311 e. The second-order valence-electron chi connectivity index (χ2n) is 12.2. The summed E-state index contributed by atoms with van der Waals surface area (Å²) < 4.78 is 2.66. The van der Waals surface area contributed by atoms with E-state index in [-0.39, 0.29) is 0 Å². The first-order chi connectivity index (χ1) is 23.8. The molecule has 0 spiro atoms. The van der Waals surface area contributed by atoms with E-state index >= 15 is 0 Å². The molecular formula is C46H31NS. The van der Waals surface area contributed by atoms with Gasteiger partial charge in [-0.3, -0.25) is 0 Å². The van der Waals surface area contributed by atoms with Crippen molar-refractivity contribution in [2.45, 2.75) is 0 Å². The van der Waals surface area contributed by atoms with Crippen LogP contribution >= 0.6 is 11.3 Å². The van der Waals surface area contributed by atoms with E-state index in [1.165, 1.54) is 64.3 Å². The highest BCUT2D eigenvalue weighted by molar-refractivity contribution is 7.25. The summed E-state index contributed by atoms with van der Waals surface area (Å²) in [6.45, 7) is 0. The molecule has 8 aromatic carbocycles. The van der Waals surface area contributed by atoms with Gasteiger partial charge in [-0.2, -0.15) is 0 Å². The Morgan fingerprint density at radius 2 is 0.708 bits per heavy atom. The molecule has 0 radical (unpaired) electrons. The number of hydrogen-bond donors (Lipinski definition) is 0. The fourth-order valence-corrected chi connectivity index (χ4v) is 7.93. The topological polar surface area (TPSA) is 3.24 Å². The summed E-state index contributed by atoms with van der Waals surface area (Å²) in [6, 6.07) is 68.0. The quantitative estimate of drug-likeness (QED) is 0.177. The normalized spacial score (nSPS) is 11.3. The predicted octanol–water partition coefficient (Wildman–Crippen LogP) is 13.7. The van der Waals surface area contributed by atoms with Crippen LogP contribution in [0.15, 0.2) is 188 Å². The molecule has 9 rings (SSSR count). The minimum absolute atomic E-state index is 1.12. The van der Waals surface area contributed by atoms with Crippen molar-refractivity contribution in [2.75, 3.05) is 4.90 Å². The monoisotopic (exact) mass is 629 g/mol. The smallest absolute Gasteiger partial charge is 0.0462 e. The van der Waals surface area contributed by atoms with Crippen molar-refractivity contribution in [1.29, 1.82) is 0 Å². The zero-order valence-electron chi connectivity index (χ0n) is 26.3. The van der Waals surface area contributed by atoms with Gasteiger partial charge in [0.2, 0.25) is 0 Å². The van der Waals surface area contributed by atoms with Crippen LogP contribution in [0.25, 0.3) is 64.3 Å². The van der Waals surface area contributed by atoms with Crippen LogP contribution in [0.2, 0.25) is 0 Å². The van der Waals surface area contributed by atoms with E-state index in [0.29, 0.717) is 0 Å². The van der Waals surface area contributed by atoms with Gasteiger partial charge in [0.05, 0.1) is 0 Å². The van der Waals surface area contributed by atoms with Crippen molar-refractivity contribution in [1.82, 2.24) is 0 Å². The molecule has 0 atom stereocenters. The third-order valence-electron chi connectivity index (χ3n) is 9.26. The molecule has 0 N–H and O–H groups in total. The minimum Gasteiger partial charge on any atom is -0.311 e. The highest BCUT2D eigenvalue weighted by atomic mass is 32.1. The van der Waals surface area contributed by atoms with Gasteiger partial charge in [-0.1, -0.05) is 133 Å². The molecule has 0 fully saturated rings. The van der Waals surface area contributed by atoms with Gasteiger partial charge in [0.25, 0.3) is 0 Å². The maximum atomic E-state index is 2.35. The van der Waals surface area contributed by atoms with E-state index in [1.807, 2.05) is 11.3 Å². The van der Waals surface area contributed by atoms with Crippen molar-refractivity contribution in [3.8, 4) is 33.4 Å². The van der Waals surface area contributed by atoms with Gasteiger partial charge in [0, 0.05) is 37.2 Å². The summed E-state index contributed by atoms with van der Waals surface area (Å²) in [7, 11) is 0. The SMILES string of the molecule is c1ccc(-c2ccc(-c3ccc(N(c4ccccc4)c4ccc(-c5ccc6c(c5)sc5cc7ccccc7cc56)cc4)cc3)cc2)cc1. The first-order valence-corrected chi connectivity index (χ1v) is 17.2. The Labute approximate surface area is 284 Å². The third kappa shape index (κ3) is 5.23. The van der Waals surface area contributed by atoms with Crippen LogP contribution in [0.4, 0.5) is 17.1 Å². The second kappa shape index (κ2) is 12.0. The van der Waals surface area contributed by atoms with Crippen molar-refractivity contribution in [3.05, 3.63) is 188 Å². The van der Waals surface area contributed by atoms with Crippen LogP contribution < -0.4 is 4.90 Å². The fraction of sp³-hybridized carbons (Fsp3) is 0. The Hall–Kier alpha value is -5.96. The number of hydrogen-bond acceptors (Lipinski definition) is 2. The van der Waals surface area contributed by atoms with Crippen LogP contribution in [0.5, 0.6) is 0 Å². The number of rotatable bonds is 6. The van der Waals surface area contributed by atoms with Crippen molar-refractivity contribution in [2.24, 2.45) is 0 Å². The molecule has 0 unspecified atom stereocenters. The molecule has 0 amide bonds. The zero-order valence-corrected chi connectivity index (χ0v) is 27.1. The molecule has 1 heterocycles. The summed E-state index contributed by atoms with van der Waals surface area (Å²) in [5.74, 6) is 0. The lowest BCUT2D eigenvalue weighted by Gasteiger charge is -2.26. The molecular weight excluding hydrogens is 599 g/mol. The van der Waals surface area contributed by atoms with Gasteiger partial charge in [-0.25, -0.2) is 0 Å². The van der Waals surface area contributed by atoms with Crippen molar-refractivity contribution < 1.29 is 0 Å². The predicted molar refractivity (Wildman–Crippen MR) is 208 cm³/mol. The summed E-state index contributed by atoms with van der Waals surface area (Å²) in [5, 5.41) is 5.25. The maximum absolute atomic E-state index is 2.35. The van der Waals surface area contributed by atoms with Crippen LogP contribution in [-0.4, -0.2) is 0 Å². The van der Waals surface area contributed by atoms with Crippen LogP contribution in [0.3, 0.4) is 0 Å². The van der Waals surface area contributed by atoms with Crippen molar-refractivity contribution in [3.63, 3.8) is 0 Å². The highest BCUT2D eigenvalue weighted by Gasteiger charge is 2.14. The van der Waals surface area contributed by atoms with Crippen LogP contribution in [-0.2, 0) is 0 Å². The fourth-order valence-electron chi connectivity index (χ4n) is 6.76. The van der Waals surface area contributed by atoms with Crippen LogP contribution in [0, 0.1) is 0 Å². The van der Waals surface area contributed by atoms with Crippen LogP contribution in [0.1, 0.15) is 0 Å². The molecule has 2 heteroatoms. The average Bonchev–Trinajstić information content (AvgIpc) is 3.52. The number of nitrogens with zero attached hydrogens (tertiary/aromatic N) is 1. The third-order valence-corrected chi connectivity index (χ3v) is 10.4. The summed E-state index contributed by atoms with van der Waals surface area (Å²) in [6.07, 6.45) is 0. The molecule has 0 saturated carbocycles. The minimum atomic E-state index is 1.12. The first-order valence-electron chi connectivity index (χ1n) is 16.3. The maximum Gasteiger partial charge on any atom is 0.0462 e. The lowest BCUT2D eigenvalue weighted by atomic mass is 10.00. The van der Waals surface area contributed by atoms with E-state index in [4.69, 9.17) is 0 Å².